The molecule has 0 spiro atoms. The molecule has 0 unspecified atom stereocenters. The molecule has 0 aliphatic heterocycles. The lowest BCUT2D eigenvalue weighted by Crippen LogP contribution is -2.11. The van der Waals surface area contributed by atoms with Crippen LogP contribution < -0.4 is 4.74 Å². The molecule has 0 N–H and O–H groups in total. The van der Waals surface area contributed by atoms with E-state index in [0.29, 0.717) is 11.3 Å². The van der Waals surface area contributed by atoms with Gasteiger partial charge >= 0.3 is 5.97 Å². The number of hydrogen-bond donors (Lipinski definition) is 0. The van der Waals surface area contributed by atoms with E-state index in [0.717, 1.165) is 16.3 Å². The lowest BCUT2D eigenvalue weighted by atomic mass is 10.1. The second kappa shape index (κ2) is 6.44. The van der Waals surface area contributed by atoms with Crippen LogP contribution in [0.25, 0.3) is 10.8 Å². The summed E-state index contributed by atoms with van der Waals surface area (Å²) in [6.07, 6.45) is 0.208. The fraction of sp³-hybridized carbons (Fsp3) is 0.100. The largest absolute Gasteiger partial charge is 0.426 e. The third-order valence-electron chi connectivity index (χ3n) is 3.65. The molecule has 0 saturated carbocycles. The molecule has 114 valence electrons. The lowest BCUT2D eigenvalue weighted by Gasteiger charge is -2.06. The van der Waals surface area contributed by atoms with E-state index >= 15 is 0 Å². The number of rotatable bonds is 4. The average molecular weight is 304 g/mol. The Morgan fingerprint density at radius 3 is 2.26 bits per heavy atom. The number of esters is 1. The van der Waals surface area contributed by atoms with Crippen molar-refractivity contribution in [1.82, 2.24) is 0 Å². The highest BCUT2D eigenvalue weighted by Crippen LogP contribution is 2.17. The van der Waals surface area contributed by atoms with E-state index in [9.17, 15) is 9.59 Å². The number of fused-ring (bicyclic) bond motifs is 1. The summed E-state index contributed by atoms with van der Waals surface area (Å²) in [4.78, 5) is 23.3. The highest BCUT2D eigenvalue weighted by atomic mass is 16.5. The molecule has 0 aliphatic carbocycles. The van der Waals surface area contributed by atoms with Crippen molar-refractivity contribution in [3.63, 3.8) is 0 Å². The zero-order valence-corrected chi connectivity index (χ0v) is 12.8. The maximum Gasteiger partial charge on any atom is 0.315 e. The maximum atomic E-state index is 12.0. The molecule has 3 aromatic rings. The Bertz CT molecular complexity index is 863. The zero-order valence-electron chi connectivity index (χ0n) is 12.8. The van der Waals surface area contributed by atoms with Gasteiger partial charge in [-0.1, -0.05) is 42.5 Å². The van der Waals surface area contributed by atoms with Crippen LogP contribution in [0.5, 0.6) is 5.75 Å². The molecular weight excluding hydrogens is 288 g/mol. The monoisotopic (exact) mass is 304 g/mol. The number of ether oxygens (including phenoxy) is 1. The molecule has 23 heavy (non-hydrogen) atoms. The van der Waals surface area contributed by atoms with E-state index in [1.165, 1.54) is 6.92 Å². The van der Waals surface area contributed by atoms with E-state index in [-0.39, 0.29) is 18.2 Å². The minimum Gasteiger partial charge on any atom is -0.426 e. The summed E-state index contributed by atoms with van der Waals surface area (Å²) < 4.78 is 5.31. The van der Waals surface area contributed by atoms with Crippen molar-refractivity contribution in [1.29, 1.82) is 0 Å². The molecule has 0 bridgehead atoms. The molecule has 3 aromatic carbocycles. The van der Waals surface area contributed by atoms with Crippen LogP contribution in [0.1, 0.15) is 22.8 Å². The third-order valence-corrected chi connectivity index (χ3v) is 3.65. The van der Waals surface area contributed by atoms with Gasteiger partial charge in [-0.3, -0.25) is 9.59 Å². The number of carbonyl (C=O) groups is 2. The highest BCUT2D eigenvalue weighted by molar-refractivity contribution is 5.94. The first-order chi connectivity index (χ1) is 11.1. The molecule has 0 radical (unpaired) electrons. The second-order valence-corrected chi connectivity index (χ2v) is 5.41. The van der Waals surface area contributed by atoms with Gasteiger partial charge < -0.3 is 4.74 Å². The molecule has 0 heterocycles. The summed E-state index contributed by atoms with van der Waals surface area (Å²) in [5.74, 6) is 0.107. The first-order valence-electron chi connectivity index (χ1n) is 7.41. The summed E-state index contributed by atoms with van der Waals surface area (Å²) in [7, 11) is 0. The van der Waals surface area contributed by atoms with E-state index in [2.05, 4.69) is 0 Å². The number of hydrogen-bond acceptors (Lipinski definition) is 3. The molecule has 0 amide bonds. The predicted octanol–water partition coefficient (Wildman–Crippen LogP) is 4.19. The SMILES string of the molecule is CC(=O)c1ccc(OC(=O)Cc2ccc3ccccc3c2)cc1. The van der Waals surface area contributed by atoms with E-state index < -0.39 is 0 Å². The van der Waals surface area contributed by atoms with Gasteiger partial charge in [0.05, 0.1) is 6.42 Å². The normalized spacial score (nSPS) is 10.5. The molecule has 3 rings (SSSR count). The quantitative estimate of drug-likeness (QED) is 0.412. The summed E-state index contributed by atoms with van der Waals surface area (Å²) in [5.41, 5.74) is 1.51. The third kappa shape index (κ3) is 3.64. The van der Waals surface area contributed by atoms with Gasteiger partial charge in [0.2, 0.25) is 0 Å². The summed E-state index contributed by atoms with van der Waals surface area (Å²) in [6, 6.07) is 20.5. The van der Waals surface area contributed by atoms with Crippen LogP contribution in [0.15, 0.2) is 66.7 Å². The smallest absolute Gasteiger partial charge is 0.315 e. The first kappa shape index (κ1) is 15.0. The van der Waals surface area contributed by atoms with Gasteiger partial charge in [-0.05, 0) is 47.5 Å². The van der Waals surface area contributed by atoms with Crippen molar-refractivity contribution in [2.45, 2.75) is 13.3 Å². The molecule has 0 saturated heterocycles. The second-order valence-electron chi connectivity index (χ2n) is 5.41. The maximum absolute atomic E-state index is 12.0. The topological polar surface area (TPSA) is 43.4 Å². The molecule has 0 aromatic heterocycles. The van der Waals surface area contributed by atoms with Crippen molar-refractivity contribution >= 4 is 22.5 Å². The van der Waals surface area contributed by atoms with Gasteiger partial charge in [-0.2, -0.15) is 0 Å². The molecule has 0 fully saturated rings. The van der Waals surface area contributed by atoms with Crippen molar-refractivity contribution < 1.29 is 14.3 Å². The van der Waals surface area contributed by atoms with Crippen molar-refractivity contribution in [3.05, 3.63) is 77.9 Å². The van der Waals surface area contributed by atoms with Crippen LogP contribution >= 0.6 is 0 Å². The lowest BCUT2D eigenvalue weighted by molar-refractivity contribution is -0.133. The average Bonchev–Trinajstić information content (AvgIpc) is 2.55. The van der Waals surface area contributed by atoms with Gasteiger partial charge in [0.15, 0.2) is 5.78 Å². The van der Waals surface area contributed by atoms with Gasteiger partial charge in [0.25, 0.3) is 0 Å². The minimum atomic E-state index is -0.323. The Labute approximate surface area is 134 Å². The van der Waals surface area contributed by atoms with Crippen LogP contribution in [0.2, 0.25) is 0 Å². The summed E-state index contributed by atoms with van der Waals surface area (Å²) >= 11 is 0. The molecule has 0 aliphatic rings. The molecule has 3 nitrogen and oxygen atoms in total. The molecular formula is C20H16O3. The van der Waals surface area contributed by atoms with E-state index in [1.54, 1.807) is 24.3 Å². The van der Waals surface area contributed by atoms with E-state index in [4.69, 9.17) is 4.74 Å². The Hall–Kier alpha value is -2.94. The fourth-order valence-corrected chi connectivity index (χ4v) is 2.44. The highest BCUT2D eigenvalue weighted by Gasteiger charge is 2.08. The van der Waals surface area contributed by atoms with Crippen molar-refractivity contribution in [3.8, 4) is 5.75 Å². The van der Waals surface area contributed by atoms with Crippen LogP contribution in [0.3, 0.4) is 0 Å². The van der Waals surface area contributed by atoms with Gasteiger partial charge in [-0.15, -0.1) is 0 Å². The van der Waals surface area contributed by atoms with Crippen LogP contribution in [-0.2, 0) is 11.2 Å². The van der Waals surface area contributed by atoms with Crippen molar-refractivity contribution in [2.24, 2.45) is 0 Å². The zero-order chi connectivity index (χ0) is 16.2. The van der Waals surface area contributed by atoms with Crippen LogP contribution in [-0.4, -0.2) is 11.8 Å². The number of benzene rings is 3. The number of carbonyl (C=O) groups excluding carboxylic acids is 2. The fourth-order valence-electron chi connectivity index (χ4n) is 2.44. The first-order valence-corrected chi connectivity index (χ1v) is 7.41. The predicted molar refractivity (Wildman–Crippen MR) is 89.7 cm³/mol. The Morgan fingerprint density at radius 1 is 0.870 bits per heavy atom. The number of ketones is 1. The minimum absolute atomic E-state index is 0.0148. The Balaban J connectivity index is 1.69. The van der Waals surface area contributed by atoms with Gasteiger partial charge in [0, 0.05) is 5.56 Å². The van der Waals surface area contributed by atoms with Gasteiger partial charge in [0.1, 0.15) is 5.75 Å². The molecule has 0 atom stereocenters. The molecule has 3 heteroatoms. The Morgan fingerprint density at radius 2 is 1.57 bits per heavy atom. The number of Topliss-reactive ketones (excluding diaryl/α,β-unsaturated/α-hetero) is 1. The van der Waals surface area contributed by atoms with Crippen molar-refractivity contribution in [2.75, 3.05) is 0 Å². The van der Waals surface area contributed by atoms with Gasteiger partial charge in [-0.25, -0.2) is 0 Å². The van der Waals surface area contributed by atoms with Crippen LogP contribution in [0, 0.1) is 0 Å². The van der Waals surface area contributed by atoms with Crippen LogP contribution in [0.4, 0.5) is 0 Å². The standard InChI is InChI=1S/C20H16O3/c1-14(21)16-8-10-19(11-9-16)23-20(22)13-15-6-7-17-4-2-3-5-18(17)12-15/h2-12H,13H2,1H3. The Kier molecular flexibility index (Phi) is 4.20. The summed E-state index contributed by atoms with van der Waals surface area (Å²) in [5, 5.41) is 2.24. The van der Waals surface area contributed by atoms with E-state index in [1.807, 2.05) is 42.5 Å². The summed E-state index contributed by atoms with van der Waals surface area (Å²) in [6.45, 7) is 1.50.